The van der Waals surface area contributed by atoms with Crippen LogP contribution in [0.15, 0.2) is 9.00 Å². The fourth-order valence-corrected chi connectivity index (χ4v) is 5.08. The Bertz CT molecular complexity index is 655. The highest BCUT2D eigenvalue weighted by atomic mass is 32.2. The first-order valence-corrected chi connectivity index (χ1v) is 8.68. The normalized spacial score (nSPS) is 24.2. The first-order chi connectivity index (χ1) is 9.59. The number of H-pyrrole nitrogens is 1. The first-order valence-electron chi connectivity index (χ1n) is 6.38. The monoisotopic (exact) mass is 344 g/mol. The van der Waals surface area contributed by atoms with Gasteiger partial charge in [0, 0.05) is 11.7 Å². The molecule has 1 aliphatic carbocycles. The maximum Gasteiger partial charge on any atom is 0.391 e. The van der Waals surface area contributed by atoms with E-state index in [2.05, 4.69) is 9.71 Å². The lowest BCUT2D eigenvalue weighted by molar-refractivity contribution is -0.182. The minimum absolute atomic E-state index is 0.0843. The van der Waals surface area contributed by atoms with Crippen LogP contribution < -0.4 is 9.60 Å². The number of aromatic nitrogens is 1. The molecule has 0 atom stereocenters. The lowest BCUT2D eigenvalue weighted by Gasteiger charge is -2.29. The Morgan fingerprint density at radius 2 is 1.81 bits per heavy atom. The van der Waals surface area contributed by atoms with Crippen molar-refractivity contribution in [2.75, 3.05) is 0 Å². The van der Waals surface area contributed by atoms with Gasteiger partial charge in [0.25, 0.3) is 10.0 Å². The van der Waals surface area contributed by atoms with Crippen molar-refractivity contribution in [2.45, 2.75) is 49.0 Å². The summed E-state index contributed by atoms with van der Waals surface area (Å²) in [4.78, 5) is 13.0. The molecule has 120 valence electrons. The van der Waals surface area contributed by atoms with Gasteiger partial charge < -0.3 is 4.98 Å². The van der Waals surface area contributed by atoms with E-state index in [1.54, 1.807) is 0 Å². The highest BCUT2D eigenvalue weighted by Crippen LogP contribution is 2.37. The number of sulfonamides is 1. The Balaban J connectivity index is 2.03. The molecule has 2 rings (SSSR count). The molecule has 1 heterocycles. The standard InChI is InChI=1S/C11H15F3N2O3S2/c1-6-9(20-10(17)15-6)21(18,19)16-8-4-2-7(3-5-8)11(12,13)14/h7-8,16H,2-5H2,1H3,(H,15,17). The number of halogens is 3. The molecule has 0 saturated heterocycles. The molecule has 0 amide bonds. The lowest BCUT2D eigenvalue weighted by Crippen LogP contribution is -2.39. The van der Waals surface area contributed by atoms with Gasteiger partial charge in [-0.2, -0.15) is 13.2 Å². The molecule has 0 aromatic carbocycles. The minimum atomic E-state index is -4.22. The fraction of sp³-hybridized carbons (Fsp3) is 0.727. The third-order valence-corrected chi connectivity index (χ3v) is 6.66. The van der Waals surface area contributed by atoms with Crippen molar-refractivity contribution in [3.63, 3.8) is 0 Å². The van der Waals surface area contributed by atoms with E-state index in [9.17, 15) is 26.4 Å². The minimum Gasteiger partial charge on any atom is -0.315 e. The lowest BCUT2D eigenvalue weighted by atomic mass is 9.86. The number of nitrogens with one attached hydrogen (secondary N) is 2. The topological polar surface area (TPSA) is 79.0 Å². The molecule has 0 aliphatic heterocycles. The van der Waals surface area contributed by atoms with Crippen LogP contribution >= 0.6 is 11.3 Å². The molecule has 1 aromatic rings. The molecule has 1 aliphatic rings. The van der Waals surface area contributed by atoms with Crippen LogP contribution in [0.3, 0.4) is 0 Å². The quantitative estimate of drug-likeness (QED) is 0.882. The van der Waals surface area contributed by atoms with Gasteiger partial charge in [-0.25, -0.2) is 13.1 Å². The van der Waals surface area contributed by atoms with E-state index in [-0.39, 0.29) is 35.6 Å². The van der Waals surface area contributed by atoms with E-state index in [0.29, 0.717) is 11.3 Å². The number of hydrogen-bond donors (Lipinski definition) is 2. The molecular formula is C11H15F3N2O3S2. The van der Waals surface area contributed by atoms with E-state index < -0.39 is 33.0 Å². The second kappa shape index (κ2) is 5.73. The number of aryl methyl sites for hydroxylation is 1. The van der Waals surface area contributed by atoms with Crippen LogP contribution in [0, 0.1) is 12.8 Å². The van der Waals surface area contributed by atoms with Crippen LogP contribution in [0.1, 0.15) is 31.4 Å². The van der Waals surface area contributed by atoms with Crippen LogP contribution in [0.25, 0.3) is 0 Å². The third kappa shape index (κ3) is 3.86. The third-order valence-electron chi connectivity index (χ3n) is 3.54. The predicted octanol–water partition coefficient (Wildman–Crippen LogP) is 2.14. The molecule has 1 aromatic heterocycles. The van der Waals surface area contributed by atoms with Crippen molar-refractivity contribution >= 4 is 21.4 Å². The highest BCUT2D eigenvalue weighted by Gasteiger charge is 2.42. The van der Waals surface area contributed by atoms with E-state index in [1.165, 1.54) is 6.92 Å². The van der Waals surface area contributed by atoms with Gasteiger partial charge in [0.05, 0.1) is 5.92 Å². The Morgan fingerprint density at radius 3 is 2.24 bits per heavy atom. The largest absolute Gasteiger partial charge is 0.391 e. The zero-order valence-corrected chi connectivity index (χ0v) is 12.8. The highest BCUT2D eigenvalue weighted by molar-refractivity contribution is 7.91. The van der Waals surface area contributed by atoms with Crippen LogP contribution in [0.2, 0.25) is 0 Å². The van der Waals surface area contributed by atoms with Gasteiger partial charge in [-0.05, 0) is 32.6 Å². The predicted molar refractivity (Wildman–Crippen MR) is 71.8 cm³/mol. The van der Waals surface area contributed by atoms with Gasteiger partial charge in [-0.3, -0.25) is 4.79 Å². The summed E-state index contributed by atoms with van der Waals surface area (Å²) in [5.41, 5.74) is 0.237. The van der Waals surface area contributed by atoms with Crippen LogP contribution in [-0.4, -0.2) is 25.6 Å². The molecular weight excluding hydrogens is 329 g/mol. The summed E-state index contributed by atoms with van der Waals surface area (Å²) in [6.07, 6.45) is -4.11. The number of alkyl halides is 3. The second-order valence-electron chi connectivity index (χ2n) is 5.14. The molecule has 0 unspecified atom stereocenters. The number of thiazole rings is 1. The van der Waals surface area contributed by atoms with Gasteiger partial charge >= 0.3 is 11.0 Å². The van der Waals surface area contributed by atoms with Crippen molar-refractivity contribution in [3.05, 3.63) is 15.4 Å². The molecule has 5 nitrogen and oxygen atoms in total. The van der Waals surface area contributed by atoms with Crippen LogP contribution in [-0.2, 0) is 10.0 Å². The average molecular weight is 344 g/mol. The Hall–Kier alpha value is -0.870. The van der Waals surface area contributed by atoms with Gasteiger partial charge in [-0.15, -0.1) is 0 Å². The van der Waals surface area contributed by atoms with Crippen LogP contribution in [0.5, 0.6) is 0 Å². The summed E-state index contributed by atoms with van der Waals surface area (Å²) in [6, 6.07) is -0.523. The molecule has 10 heteroatoms. The van der Waals surface area contributed by atoms with Gasteiger partial charge in [0.1, 0.15) is 0 Å². The molecule has 21 heavy (non-hydrogen) atoms. The van der Waals surface area contributed by atoms with Gasteiger partial charge in [0.15, 0.2) is 4.21 Å². The molecule has 0 radical (unpaired) electrons. The van der Waals surface area contributed by atoms with E-state index >= 15 is 0 Å². The molecule has 1 saturated carbocycles. The summed E-state index contributed by atoms with van der Waals surface area (Å²) in [7, 11) is -3.87. The summed E-state index contributed by atoms with van der Waals surface area (Å²) < 4.78 is 64.2. The zero-order chi connectivity index (χ0) is 15.8. The fourth-order valence-electron chi connectivity index (χ4n) is 2.46. The van der Waals surface area contributed by atoms with Crippen LogP contribution in [0.4, 0.5) is 13.2 Å². The number of rotatable bonds is 3. The second-order valence-corrected chi connectivity index (χ2v) is 8.03. The maximum atomic E-state index is 12.6. The molecule has 1 fully saturated rings. The zero-order valence-electron chi connectivity index (χ0n) is 11.2. The summed E-state index contributed by atoms with van der Waals surface area (Å²) >= 11 is 0.573. The smallest absolute Gasteiger partial charge is 0.315 e. The molecule has 2 N–H and O–H groups in total. The molecule has 0 bridgehead atoms. The van der Waals surface area contributed by atoms with Crippen molar-refractivity contribution in [1.29, 1.82) is 0 Å². The molecule has 0 spiro atoms. The first kappa shape index (κ1) is 16.5. The van der Waals surface area contributed by atoms with Gasteiger partial charge in [0.2, 0.25) is 0 Å². The van der Waals surface area contributed by atoms with Crippen molar-refractivity contribution in [2.24, 2.45) is 5.92 Å². The average Bonchev–Trinajstić information content (AvgIpc) is 2.68. The van der Waals surface area contributed by atoms with E-state index in [1.807, 2.05) is 0 Å². The summed E-state index contributed by atoms with van der Waals surface area (Å²) in [6.45, 7) is 1.47. The van der Waals surface area contributed by atoms with Crippen molar-refractivity contribution < 1.29 is 21.6 Å². The Labute approximate surface area is 123 Å². The summed E-state index contributed by atoms with van der Waals surface area (Å²) in [5.74, 6) is -1.36. The number of aromatic amines is 1. The van der Waals surface area contributed by atoms with Gasteiger partial charge in [-0.1, -0.05) is 11.3 Å². The van der Waals surface area contributed by atoms with Crippen molar-refractivity contribution in [1.82, 2.24) is 9.71 Å². The van der Waals surface area contributed by atoms with Crippen molar-refractivity contribution in [3.8, 4) is 0 Å². The van der Waals surface area contributed by atoms with E-state index in [4.69, 9.17) is 0 Å². The Morgan fingerprint density at radius 1 is 1.24 bits per heavy atom. The Kier molecular flexibility index (Phi) is 4.50. The number of hydrogen-bond acceptors (Lipinski definition) is 4. The maximum absolute atomic E-state index is 12.6. The summed E-state index contributed by atoms with van der Waals surface area (Å²) in [5, 5.41) is 0. The van der Waals surface area contributed by atoms with E-state index in [0.717, 1.165) is 0 Å². The SMILES string of the molecule is Cc1[nH]c(=O)sc1S(=O)(=O)NC1CCC(C(F)(F)F)CC1.